The van der Waals surface area contributed by atoms with Gasteiger partial charge in [-0.25, -0.2) is 9.67 Å². The number of carboxylic acids is 1. The van der Waals surface area contributed by atoms with Gasteiger partial charge in [-0.1, -0.05) is 17.7 Å². The first-order valence-corrected chi connectivity index (χ1v) is 5.77. The van der Waals surface area contributed by atoms with E-state index < -0.39 is 5.97 Å². The molecular formula is C13H15N3O2. The molecule has 0 fully saturated rings. The Morgan fingerprint density at radius 3 is 2.56 bits per heavy atom. The predicted octanol–water partition coefficient (Wildman–Crippen LogP) is 1.90. The number of rotatable bonds is 4. The van der Waals surface area contributed by atoms with Crippen molar-refractivity contribution in [1.29, 1.82) is 0 Å². The Labute approximate surface area is 105 Å². The summed E-state index contributed by atoms with van der Waals surface area (Å²) < 4.78 is 1.73. The molecule has 0 saturated carbocycles. The zero-order valence-electron chi connectivity index (χ0n) is 10.4. The van der Waals surface area contributed by atoms with Crippen LogP contribution in [0, 0.1) is 13.8 Å². The topological polar surface area (TPSA) is 68.0 Å². The first-order valence-electron chi connectivity index (χ1n) is 5.77. The van der Waals surface area contributed by atoms with Gasteiger partial charge in [-0.15, -0.1) is 0 Å². The minimum atomic E-state index is -0.834. The van der Waals surface area contributed by atoms with Crippen LogP contribution in [0.4, 0.5) is 0 Å². The van der Waals surface area contributed by atoms with E-state index in [0.717, 1.165) is 11.5 Å². The number of carbonyl (C=O) groups is 1. The van der Waals surface area contributed by atoms with Crippen molar-refractivity contribution in [1.82, 2.24) is 14.8 Å². The molecule has 0 aliphatic heterocycles. The number of hydrogen-bond donors (Lipinski definition) is 1. The molecule has 5 heteroatoms. The highest BCUT2D eigenvalue weighted by Crippen LogP contribution is 2.11. The van der Waals surface area contributed by atoms with Crippen LogP contribution in [0.3, 0.4) is 0 Å². The smallest absolute Gasteiger partial charge is 0.303 e. The van der Waals surface area contributed by atoms with Gasteiger partial charge in [0.15, 0.2) is 5.82 Å². The number of aromatic nitrogens is 3. The van der Waals surface area contributed by atoms with Crippen molar-refractivity contribution in [2.75, 3.05) is 0 Å². The van der Waals surface area contributed by atoms with Gasteiger partial charge in [0.1, 0.15) is 5.82 Å². The van der Waals surface area contributed by atoms with E-state index in [-0.39, 0.29) is 6.42 Å². The fourth-order valence-corrected chi connectivity index (χ4v) is 1.70. The second kappa shape index (κ2) is 5.00. The molecule has 0 aliphatic carbocycles. The largest absolute Gasteiger partial charge is 0.481 e. The van der Waals surface area contributed by atoms with Crippen molar-refractivity contribution in [3.8, 4) is 5.69 Å². The molecule has 0 bridgehead atoms. The minimum Gasteiger partial charge on any atom is -0.481 e. The fourth-order valence-electron chi connectivity index (χ4n) is 1.70. The van der Waals surface area contributed by atoms with E-state index in [0.29, 0.717) is 12.2 Å². The second-order valence-corrected chi connectivity index (χ2v) is 4.22. The SMILES string of the molecule is Cc1ccc(-n2nc(CCC(=O)O)nc2C)cc1. The van der Waals surface area contributed by atoms with E-state index in [2.05, 4.69) is 10.1 Å². The zero-order chi connectivity index (χ0) is 13.1. The molecule has 18 heavy (non-hydrogen) atoms. The number of aryl methyl sites for hydroxylation is 3. The first-order chi connectivity index (χ1) is 8.56. The normalized spacial score (nSPS) is 10.6. The van der Waals surface area contributed by atoms with E-state index >= 15 is 0 Å². The van der Waals surface area contributed by atoms with Crippen LogP contribution in [0.5, 0.6) is 0 Å². The maximum atomic E-state index is 10.5. The molecule has 0 spiro atoms. The molecule has 0 aliphatic rings. The third-order valence-corrected chi connectivity index (χ3v) is 2.65. The Balaban J connectivity index is 2.23. The van der Waals surface area contributed by atoms with Crippen molar-refractivity contribution < 1.29 is 9.90 Å². The van der Waals surface area contributed by atoms with Gasteiger partial charge in [-0.05, 0) is 26.0 Å². The molecule has 94 valence electrons. The Bertz CT molecular complexity index is 558. The van der Waals surface area contributed by atoms with Crippen molar-refractivity contribution >= 4 is 5.97 Å². The fraction of sp³-hybridized carbons (Fsp3) is 0.308. The van der Waals surface area contributed by atoms with Crippen LogP contribution < -0.4 is 0 Å². The summed E-state index contributed by atoms with van der Waals surface area (Å²) in [4.78, 5) is 14.8. The average molecular weight is 245 g/mol. The van der Waals surface area contributed by atoms with Crippen molar-refractivity contribution in [3.63, 3.8) is 0 Å². The van der Waals surface area contributed by atoms with Gasteiger partial charge in [0.05, 0.1) is 12.1 Å². The average Bonchev–Trinajstić information content (AvgIpc) is 2.69. The van der Waals surface area contributed by atoms with Gasteiger partial charge in [-0.2, -0.15) is 5.10 Å². The van der Waals surface area contributed by atoms with E-state index in [9.17, 15) is 4.79 Å². The van der Waals surface area contributed by atoms with Crippen molar-refractivity contribution in [3.05, 3.63) is 41.5 Å². The molecule has 1 heterocycles. The molecule has 0 amide bonds. The molecule has 1 aromatic heterocycles. The molecule has 0 radical (unpaired) electrons. The van der Waals surface area contributed by atoms with Crippen LogP contribution in [0.2, 0.25) is 0 Å². The van der Waals surface area contributed by atoms with Crippen LogP contribution in [0.25, 0.3) is 5.69 Å². The zero-order valence-corrected chi connectivity index (χ0v) is 10.4. The molecule has 1 aromatic carbocycles. The second-order valence-electron chi connectivity index (χ2n) is 4.22. The molecule has 2 aromatic rings. The summed E-state index contributed by atoms with van der Waals surface area (Å²) in [6.07, 6.45) is 0.409. The van der Waals surface area contributed by atoms with E-state index in [1.165, 1.54) is 5.56 Å². The van der Waals surface area contributed by atoms with E-state index in [4.69, 9.17) is 5.11 Å². The lowest BCUT2D eigenvalue weighted by Gasteiger charge is -2.02. The third-order valence-electron chi connectivity index (χ3n) is 2.65. The quantitative estimate of drug-likeness (QED) is 0.893. The summed E-state index contributed by atoms with van der Waals surface area (Å²) in [7, 11) is 0. The van der Waals surface area contributed by atoms with Gasteiger partial charge >= 0.3 is 5.97 Å². The standard InChI is InChI=1S/C13H15N3O2/c1-9-3-5-11(6-4-9)16-10(2)14-12(15-16)7-8-13(17)18/h3-6H,7-8H2,1-2H3,(H,17,18). The highest BCUT2D eigenvalue weighted by molar-refractivity contribution is 5.66. The van der Waals surface area contributed by atoms with Gasteiger partial charge in [-0.3, -0.25) is 4.79 Å². The number of hydrogen-bond acceptors (Lipinski definition) is 3. The third kappa shape index (κ3) is 2.74. The monoisotopic (exact) mass is 245 g/mol. The van der Waals surface area contributed by atoms with E-state index in [1.807, 2.05) is 38.1 Å². The molecule has 1 N–H and O–H groups in total. The van der Waals surface area contributed by atoms with Gasteiger partial charge in [0, 0.05) is 6.42 Å². The van der Waals surface area contributed by atoms with Crippen LogP contribution in [0.15, 0.2) is 24.3 Å². The van der Waals surface area contributed by atoms with Crippen LogP contribution >= 0.6 is 0 Å². The number of carboxylic acid groups (broad SMARTS) is 1. The van der Waals surface area contributed by atoms with Gasteiger partial charge in [0.25, 0.3) is 0 Å². The Morgan fingerprint density at radius 1 is 1.28 bits per heavy atom. The molecule has 2 rings (SSSR count). The summed E-state index contributed by atoms with van der Waals surface area (Å²) in [5.74, 6) is 0.494. The summed E-state index contributed by atoms with van der Waals surface area (Å²) in [6.45, 7) is 3.88. The number of benzene rings is 1. The molecular weight excluding hydrogens is 230 g/mol. The minimum absolute atomic E-state index is 0.0529. The van der Waals surface area contributed by atoms with E-state index in [1.54, 1.807) is 4.68 Å². The molecule has 0 saturated heterocycles. The highest BCUT2D eigenvalue weighted by Gasteiger charge is 2.09. The molecule has 5 nitrogen and oxygen atoms in total. The maximum Gasteiger partial charge on any atom is 0.303 e. The lowest BCUT2D eigenvalue weighted by molar-refractivity contribution is -0.137. The number of aliphatic carboxylic acids is 1. The Hall–Kier alpha value is -2.17. The Morgan fingerprint density at radius 2 is 1.94 bits per heavy atom. The molecule has 0 unspecified atom stereocenters. The first kappa shape index (κ1) is 12.3. The summed E-state index contributed by atoms with van der Waals surface area (Å²) >= 11 is 0. The van der Waals surface area contributed by atoms with Crippen LogP contribution in [0.1, 0.15) is 23.6 Å². The number of nitrogens with zero attached hydrogens (tertiary/aromatic N) is 3. The lowest BCUT2D eigenvalue weighted by atomic mass is 10.2. The van der Waals surface area contributed by atoms with Crippen LogP contribution in [-0.4, -0.2) is 25.8 Å². The highest BCUT2D eigenvalue weighted by atomic mass is 16.4. The van der Waals surface area contributed by atoms with Crippen molar-refractivity contribution in [2.45, 2.75) is 26.7 Å². The Kier molecular flexibility index (Phi) is 3.41. The van der Waals surface area contributed by atoms with Gasteiger partial charge in [0.2, 0.25) is 0 Å². The summed E-state index contributed by atoms with van der Waals surface area (Å²) in [6, 6.07) is 7.96. The van der Waals surface area contributed by atoms with Crippen LogP contribution in [-0.2, 0) is 11.2 Å². The maximum absolute atomic E-state index is 10.5. The van der Waals surface area contributed by atoms with Crippen molar-refractivity contribution in [2.24, 2.45) is 0 Å². The predicted molar refractivity (Wildman–Crippen MR) is 66.8 cm³/mol. The summed E-state index contributed by atoms with van der Waals surface area (Å²) in [5.41, 5.74) is 2.12. The van der Waals surface area contributed by atoms with Gasteiger partial charge < -0.3 is 5.11 Å². The molecule has 0 atom stereocenters. The summed E-state index contributed by atoms with van der Waals surface area (Å²) in [5, 5.41) is 13.0. The lowest BCUT2D eigenvalue weighted by Crippen LogP contribution is -2.01.